The van der Waals surface area contributed by atoms with Crippen molar-refractivity contribution in [2.45, 2.75) is 20.8 Å². The van der Waals surface area contributed by atoms with Crippen LogP contribution in [-0.2, 0) is 0 Å². The number of nitrogen functional groups attached to an aromatic ring is 1. The van der Waals surface area contributed by atoms with Gasteiger partial charge >= 0.3 is 5.97 Å². The van der Waals surface area contributed by atoms with Crippen LogP contribution < -0.4 is 10.5 Å². The van der Waals surface area contributed by atoms with Gasteiger partial charge in [-0.15, -0.1) is 11.3 Å². The zero-order valence-corrected chi connectivity index (χ0v) is 12.9. The molecular formula is C15H19NO3S. The molecular weight excluding hydrogens is 274 g/mol. The van der Waals surface area contributed by atoms with Crippen molar-refractivity contribution in [1.82, 2.24) is 0 Å². The Bertz CT molecular complexity index is 605. The fraction of sp³-hybridized carbons (Fsp3) is 0.267. The van der Waals surface area contributed by atoms with Gasteiger partial charge < -0.3 is 15.6 Å². The first-order chi connectivity index (χ1) is 9.54. The standard InChI is InChI=1S/C13H13NO3S.C2H6/c1-7-10(17-2)12(13(15)16)18-11(7)8-4-3-5-9(14)6-8;1-2/h3-6H,14H2,1-2H3,(H,15,16);1-2H3. The molecule has 0 amide bonds. The number of nitrogens with two attached hydrogens (primary N) is 1. The van der Waals surface area contributed by atoms with Gasteiger partial charge in [0.05, 0.1) is 7.11 Å². The molecule has 0 radical (unpaired) electrons. The largest absolute Gasteiger partial charge is 0.495 e. The second-order valence-electron chi connectivity index (χ2n) is 3.85. The summed E-state index contributed by atoms with van der Waals surface area (Å²) in [5, 5.41) is 9.14. The van der Waals surface area contributed by atoms with Crippen LogP contribution >= 0.6 is 11.3 Å². The first-order valence-electron chi connectivity index (χ1n) is 6.31. The van der Waals surface area contributed by atoms with Crippen molar-refractivity contribution < 1.29 is 14.6 Å². The number of carboxylic acids is 1. The fourth-order valence-corrected chi connectivity index (χ4v) is 2.95. The van der Waals surface area contributed by atoms with Crippen LogP contribution in [0.15, 0.2) is 24.3 Å². The molecule has 108 valence electrons. The molecule has 1 aromatic carbocycles. The summed E-state index contributed by atoms with van der Waals surface area (Å²) in [4.78, 5) is 12.2. The van der Waals surface area contributed by atoms with E-state index in [0.717, 1.165) is 16.0 Å². The minimum atomic E-state index is -0.977. The maximum Gasteiger partial charge on any atom is 0.349 e. The molecule has 2 rings (SSSR count). The molecule has 0 saturated carbocycles. The zero-order chi connectivity index (χ0) is 15.3. The van der Waals surface area contributed by atoms with E-state index < -0.39 is 5.97 Å². The van der Waals surface area contributed by atoms with Gasteiger partial charge in [0.25, 0.3) is 0 Å². The monoisotopic (exact) mass is 293 g/mol. The smallest absolute Gasteiger partial charge is 0.349 e. The highest BCUT2D eigenvalue weighted by molar-refractivity contribution is 7.18. The van der Waals surface area contributed by atoms with Gasteiger partial charge in [0.2, 0.25) is 0 Å². The molecule has 0 bridgehead atoms. The van der Waals surface area contributed by atoms with Crippen LogP contribution in [0, 0.1) is 6.92 Å². The number of carbonyl (C=O) groups is 1. The summed E-state index contributed by atoms with van der Waals surface area (Å²) in [7, 11) is 1.48. The minimum absolute atomic E-state index is 0.215. The van der Waals surface area contributed by atoms with E-state index in [1.165, 1.54) is 18.4 Å². The van der Waals surface area contributed by atoms with Gasteiger partial charge in [-0.05, 0) is 24.6 Å². The molecule has 5 heteroatoms. The highest BCUT2D eigenvalue weighted by Gasteiger charge is 2.21. The van der Waals surface area contributed by atoms with Gasteiger partial charge in [0.1, 0.15) is 5.75 Å². The number of thiophene rings is 1. The quantitative estimate of drug-likeness (QED) is 0.838. The molecule has 0 fully saturated rings. The van der Waals surface area contributed by atoms with Crippen LogP contribution in [0.5, 0.6) is 5.75 Å². The van der Waals surface area contributed by atoms with E-state index in [1.807, 2.05) is 39.0 Å². The number of hydrogen-bond donors (Lipinski definition) is 2. The van der Waals surface area contributed by atoms with Crippen LogP contribution in [0.1, 0.15) is 29.1 Å². The summed E-state index contributed by atoms with van der Waals surface area (Å²) >= 11 is 1.20. The molecule has 2 aromatic rings. The van der Waals surface area contributed by atoms with Crippen LogP contribution in [0.3, 0.4) is 0 Å². The summed E-state index contributed by atoms with van der Waals surface area (Å²) < 4.78 is 5.17. The zero-order valence-electron chi connectivity index (χ0n) is 12.1. The predicted octanol–water partition coefficient (Wildman–Crippen LogP) is 4.04. The first-order valence-corrected chi connectivity index (χ1v) is 7.12. The molecule has 4 nitrogen and oxygen atoms in total. The van der Waals surface area contributed by atoms with E-state index in [4.69, 9.17) is 15.6 Å². The topological polar surface area (TPSA) is 72.5 Å². The predicted molar refractivity (Wildman–Crippen MR) is 83.8 cm³/mol. The third kappa shape index (κ3) is 3.11. The molecule has 20 heavy (non-hydrogen) atoms. The Morgan fingerprint density at radius 1 is 1.35 bits per heavy atom. The maximum atomic E-state index is 11.2. The third-order valence-corrected chi connectivity index (χ3v) is 3.95. The molecule has 0 saturated heterocycles. The second-order valence-corrected chi connectivity index (χ2v) is 4.87. The third-order valence-electron chi connectivity index (χ3n) is 2.64. The normalized spacial score (nSPS) is 9.60. The number of anilines is 1. The van der Waals surface area contributed by atoms with Crippen LogP contribution in [0.2, 0.25) is 0 Å². The Kier molecular flexibility index (Phi) is 5.58. The van der Waals surface area contributed by atoms with Crippen molar-refractivity contribution in [2.75, 3.05) is 12.8 Å². The van der Waals surface area contributed by atoms with Crippen molar-refractivity contribution in [3.05, 3.63) is 34.7 Å². The molecule has 0 aliphatic heterocycles. The van der Waals surface area contributed by atoms with Gasteiger partial charge in [-0.1, -0.05) is 26.0 Å². The average Bonchev–Trinajstić information content (AvgIpc) is 2.78. The van der Waals surface area contributed by atoms with Crippen LogP contribution in [0.25, 0.3) is 10.4 Å². The van der Waals surface area contributed by atoms with Gasteiger partial charge in [-0.2, -0.15) is 0 Å². The summed E-state index contributed by atoms with van der Waals surface area (Å²) in [6, 6.07) is 7.36. The fourth-order valence-electron chi connectivity index (χ4n) is 1.84. The first kappa shape index (κ1) is 16.0. The summed E-state index contributed by atoms with van der Waals surface area (Å²) in [6.45, 7) is 5.85. The number of methoxy groups -OCH3 is 1. The molecule has 1 aromatic heterocycles. The molecule has 3 N–H and O–H groups in total. The summed E-state index contributed by atoms with van der Waals surface area (Å²) in [5.41, 5.74) is 8.12. The van der Waals surface area contributed by atoms with Crippen molar-refractivity contribution >= 4 is 23.0 Å². The van der Waals surface area contributed by atoms with E-state index in [-0.39, 0.29) is 4.88 Å². The molecule has 0 aliphatic carbocycles. The van der Waals surface area contributed by atoms with Crippen LogP contribution in [0.4, 0.5) is 5.69 Å². The SMILES string of the molecule is CC.COc1c(C(=O)O)sc(-c2cccc(N)c2)c1C. The molecule has 0 unspecified atom stereocenters. The lowest BCUT2D eigenvalue weighted by atomic mass is 10.1. The Morgan fingerprint density at radius 2 is 2.00 bits per heavy atom. The number of aromatic carboxylic acids is 1. The summed E-state index contributed by atoms with van der Waals surface area (Å²) in [5.74, 6) is -0.556. The average molecular weight is 293 g/mol. The van der Waals surface area contributed by atoms with E-state index in [1.54, 1.807) is 6.07 Å². The van der Waals surface area contributed by atoms with Crippen molar-refractivity contribution in [3.63, 3.8) is 0 Å². The van der Waals surface area contributed by atoms with Crippen molar-refractivity contribution in [1.29, 1.82) is 0 Å². The lowest BCUT2D eigenvalue weighted by Gasteiger charge is -2.02. The number of hydrogen-bond acceptors (Lipinski definition) is 4. The number of ether oxygens (including phenoxy) is 1. The van der Waals surface area contributed by atoms with Gasteiger partial charge in [-0.3, -0.25) is 0 Å². The van der Waals surface area contributed by atoms with Gasteiger partial charge in [-0.25, -0.2) is 4.79 Å². The van der Waals surface area contributed by atoms with E-state index in [0.29, 0.717) is 11.4 Å². The minimum Gasteiger partial charge on any atom is -0.495 e. The van der Waals surface area contributed by atoms with E-state index >= 15 is 0 Å². The second kappa shape index (κ2) is 6.96. The molecule has 0 aliphatic rings. The summed E-state index contributed by atoms with van der Waals surface area (Å²) in [6.07, 6.45) is 0. The maximum absolute atomic E-state index is 11.2. The molecule has 0 atom stereocenters. The highest BCUT2D eigenvalue weighted by atomic mass is 32.1. The van der Waals surface area contributed by atoms with Crippen molar-refractivity contribution in [2.24, 2.45) is 0 Å². The van der Waals surface area contributed by atoms with E-state index in [9.17, 15) is 4.79 Å². The number of carboxylic acid groups (broad SMARTS) is 1. The molecule has 1 heterocycles. The Balaban J connectivity index is 0.000000956. The van der Waals surface area contributed by atoms with Crippen LogP contribution in [-0.4, -0.2) is 18.2 Å². The Hall–Kier alpha value is -2.01. The Morgan fingerprint density at radius 3 is 2.45 bits per heavy atom. The number of benzene rings is 1. The van der Waals surface area contributed by atoms with Gasteiger partial charge in [0.15, 0.2) is 4.88 Å². The lowest BCUT2D eigenvalue weighted by molar-refractivity contribution is 0.0699. The van der Waals surface area contributed by atoms with Crippen molar-refractivity contribution in [3.8, 4) is 16.2 Å². The lowest BCUT2D eigenvalue weighted by Crippen LogP contribution is -1.96. The Labute approximate surface area is 122 Å². The molecule has 0 spiro atoms. The highest BCUT2D eigenvalue weighted by Crippen LogP contribution is 2.41. The number of rotatable bonds is 3. The van der Waals surface area contributed by atoms with Gasteiger partial charge in [0, 0.05) is 16.1 Å². The van der Waals surface area contributed by atoms with E-state index in [2.05, 4.69) is 0 Å².